The van der Waals surface area contributed by atoms with Crippen LogP contribution in [0.2, 0.25) is 0 Å². The van der Waals surface area contributed by atoms with E-state index in [1.54, 1.807) is 0 Å². The monoisotopic (exact) mass is 282 g/mol. The van der Waals surface area contributed by atoms with Crippen LogP contribution in [-0.4, -0.2) is 51.2 Å². The van der Waals surface area contributed by atoms with Gasteiger partial charge in [-0.25, -0.2) is 4.79 Å². The molecule has 0 atom stereocenters. The van der Waals surface area contributed by atoms with Gasteiger partial charge in [-0.05, 0) is 18.7 Å². The highest BCUT2D eigenvalue weighted by molar-refractivity contribution is 5.67. The van der Waals surface area contributed by atoms with Gasteiger partial charge < -0.3 is 24.8 Å². The number of carboxylic acids is 1. The molecule has 1 aromatic carbocycles. The number of aliphatic carboxylic acids is 1. The molecule has 1 aliphatic heterocycles. The molecule has 1 aromatic rings. The van der Waals surface area contributed by atoms with E-state index in [1.807, 2.05) is 18.2 Å². The largest absolute Gasteiger partial charge is 0.490 e. The number of rotatable bonds is 5. The molecule has 2 rings (SSSR count). The van der Waals surface area contributed by atoms with Gasteiger partial charge in [-0.15, -0.1) is 0 Å². The molecule has 0 unspecified atom stereocenters. The summed E-state index contributed by atoms with van der Waals surface area (Å²) in [6, 6.07) is 8.18. The van der Waals surface area contributed by atoms with Crippen LogP contribution >= 0.6 is 0 Å². The summed E-state index contributed by atoms with van der Waals surface area (Å²) in [5.41, 5.74) is 1.19. The number of carboxylic acid groups (broad SMARTS) is 1. The fourth-order valence-electron chi connectivity index (χ4n) is 1.76. The topological polar surface area (TPSA) is 71.0 Å². The van der Waals surface area contributed by atoms with Crippen LogP contribution in [0.5, 0.6) is 5.75 Å². The second kappa shape index (κ2) is 9.17. The molecule has 0 spiro atoms. The van der Waals surface area contributed by atoms with E-state index in [0.717, 1.165) is 32.1 Å². The van der Waals surface area contributed by atoms with Gasteiger partial charge >= 0.3 is 5.97 Å². The fraction of sp³-hybridized carbons (Fsp3) is 0.500. The van der Waals surface area contributed by atoms with E-state index in [2.05, 4.69) is 27.9 Å². The van der Waals surface area contributed by atoms with Crippen molar-refractivity contribution in [1.82, 2.24) is 5.32 Å². The summed E-state index contributed by atoms with van der Waals surface area (Å²) < 4.78 is 9.77. The number of carbonyl (C=O) groups is 1. The van der Waals surface area contributed by atoms with Crippen LogP contribution in [0, 0.1) is 0 Å². The predicted molar refractivity (Wildman–Crippen MR) is 77.3 cm³/mol. The van der Waals surface area contributed by atoms with Crippen molar-refractivity contribution in [1.29, 1.82) is 0 Å². The van der Waals surface area contributed by atoms with Gasteiger partial charge in [-0.1, -0.05) is 19.1 Å². The number of ether oxygens (including phenoxy) is 2. The maximum Gasteiger partial charge on any atom is 0.329 e. The Morgan fingerprint density at radius 3 is 2.85 bits per heavy atom. The number of nitrogens with one attached hydrogen (secondary N) is 1. The Balaban J connectivity index is 0.000000286. The van der Waals surface area contributed by atoms with Crippen LogP contribution in [0.1, 0.15) is 6.92 Å². The van der Waals surface area contributed by atoms with E-state index in [-0.39, 0.29) is 6.61 Å². The van der Waals surface area contributed by atoms with Crippen LogP contribution in [0.4, 0.5) is 5.69 Å². The summed E-state index contributed by atoms with van der Waals surface area (Å²) in [4.78, 5) is 11.8. The number of para-hydroxylation sites is 2. The number of anilines is 1. The molecule has 6 heteroatoms. The first-order valence-corrected chi connectivity index (χ1v) is 6.57. The molecular weight excluding hydrogens is 260 g/mol. The van der Waals surface area contributed by atoms with Gasteiger partial charge in [0.15, 0.2) is 0 Å². The highest BCUT2D eigenvalue weighted by Gasteiger charge is 2.15. The van der Waals surface area contributed by atoms with Crippen molar-refractivity contribution in [3.05, 3.63) is 24.3 Å². The van der Waals surface area contributed by atoms with Crippen LogP contribution in [-0.2, 0) is 9.53 Å². The normalized spacial score (nSPS) is 12.8. The first-order chi connectivity index (χ1) is 9.69. The average Bonchev–Trinajstić information content (AvgIpc) is 2.45. The molecule has 0 amide bonds. The van der Waals surface area contributed by atoms with E-state index < -0.39 is 5.97 Å². The van der Waals surface area contributed by atoms with E-state index in [1.165, 1.54) is 12.8 Å². The second-order valence-corrected chi connectivity index (χ2v) is 4.17. The third kappa shape index (κ3) is 5.46. The van der Waals surface area contributed by atoms with Crippen molar-refractivity contribution in [2.75, 3.05) is 45.0 Å². The average molecular weight is 282 g/mol. The Morgan fingerprint density at radius 2 is 2.25 bits per heavy atom. The van der Waals surface area contributed by atoms with Crippen LogP contribution in [0.25, 0.3) is 0 Å². The van der Waals surface area contributed by atoms with Crippen LogP contribution < -0.4 is 15.0 Å². The number of benzene rings is 1. The zero-order chi connectivity index (χ0) is 14.8. The Kier molecular flexibility index (Phi) is 7.46. The summed E-state index contributed by atoms with van der Waals surface area (Å²) in [6.07, 6.45) is 0. The van der Waals surface area contributed by atoms with Gasteiger partial charge in [0, 0.05) is 7.11 Å². The van der Waals surface area contributed by atoms with E-state index >= 15 is 0 Å². The first kappa shape index (κ1) is 16.3. The smallest absolute Gasteiger partial charge is 0.329 e. The van der Waals surface area contributed by atoms with Crippen molar-refractivity contribution < 1.29 is 19.4 Å². The standard InChI is InChI=1S/C11H16N2O.C3H6O3/c1-2-12-9-13-7-8-14-11-6-4-3-5-10(11)13;1-6-2-3(4)5/h3-6,12H,2,7-9H2,1H3;2H2,1H3,(H,4,5). The van der Waals surface area contributed by atoms with Gasteiger partial charge in [0.25, 0.3) is 0 Å². The summed E-state index contributed by atoms with van der Waals surface area (Å²) in [6.45, 7) is 5.55. The SMILES string of the molecule is CCNCN1CCOc2ccccc21.COCC(=O)O. The van der Waals surface area contributed by atoms with Crippen molar-refractivity contribution in [3.63, 3.8) is 0 Å². The quantitative estimate of drug-likeness (QED) is 0.845. The van der Waals surface area contributed by atoms with E-state index in [9.17, 15) is 4.79 Å². The number of hydrogen-bond donors (Lipinski definition) is 2. The van der Waals surface area contributed by atoms with Crippen LogP contribution in [0.3, 0.4) is 0 Å². The van der Waals surface area contributed by atoms with Gasteiger partial charge in [0.1, 0.15) is 19.0 Å². The van der Waals surface area contributed by atoms with Crippen molar-refractivity contribution >= 4 is 11.7 Å². The highest BCUT2D eigenvalue weighted by Crippen LogP contribution is 2.30. The number of methoxy groups -OCH3 is 1. The van der Waals surface area contributed by atoms with Crippen molar-refractivity contribution in [2.45, 2.75) is 6.92 Å². The lowest BCUT2D eigenvalue weighted by Crippen LogP contribution is -2.39. The molecule has 0 saturated carbocycles. The number of hydrogen-bond acceptors (Lipinski definition) is 5. The molecule has 0 radical (unpaired) electrons. The Hall–Kier alpha value is -1.79. The lowest BCUT2D eigenvalue weighted by molar-refractivity contribution is -0.141. The summed E-state index contributed by atoms with van der Waals surface area (Å²) in [7, 11) is 1.34. The van der Waals surface area contributed by atoms with Gasteiger partial charge in [0.05, 0.1) is 18.9 Å². The van der Waals surface area contributed by atoms with E-state index in [4.69, 9.17) is 9.84 Å². The zero-order valence-electron chi connectivity index (χ0n) is 12.0. The second-order valence-electron chi connectivity index (χ2n) is 4.17. The lowest BCUT2D eigenvalue weighted by atomic mass is 10.2. The van der Waals surface area contributed by atoms with E-state index in [0.29, 0.717) is 0 Å². The van der Waals surface area contributed by atoms with Crippen molar-refractivity contribution in [2.24, 2.45) is 0 Å². The molecule has 112 valence electrons. The fourth-order valence-corrected chi connectivity index (χ4v) is 1.76. The summed E-state index contributed by atoms with van der Waals surface area (Å²) >= 11 is 0. The van der Waals surface area contributed by atoms with Gasteiger partial charge in [-0.2, -0.15) is 0 Å². The molecule has 1 aliphatic rings. The molecule has 0 saturated heterocycles. The molecule has 0 aromatic heterocycles. The Bertz CT molecular complexity index is 412. The first-order valence-electron chi connectivity index (χ1n) is 6.57. The molecule has 1 heterocycles. The predicted octanol–water partition coefficient (Wildman–Crippen LogP) is 1.17. The van der Waals surface area contributed by atoms with Gasteiger partial charge in [-0.3, -0.25) is 0 Å². The molecule has 0 aliphatic carbocycles. The maximum atomic E-state index is 9.47. The molecule has 0 fully saturated rings. The molecular formula is C14H22N2O4. The molecule has 0 bridgehead atoms. The van der Waals surface area contributed by atoms with Gasteiger partial charge in [0.2, 0.25) is 0 Å². The third-order valence-corrected chi connectivity index (χ3v) is 2.65. The zero-order valence-corrected chi connectivity index (χ0v) is 12.0. The summed E-state index contributed by atoms with van der Waals surface area (Å²) in [5, 5.41) is 11.1. The third-order valence-electron chi connectivity index (χ3n) is 2.65. The minimum atomic E-state index is -0.933. The molecule has 2 N–H and O–H groups in total. The summed E-state index contributed by atoms with van der Waals surface area (Å²) in [5.74, 6) is 0.0640. The van der Waals surface area contributed by atoms with Crippen molar-refractivity contribution in [3.8, 4) is 5.75 Å². The minimum absolute atomic E-state index is 0.208. The highest BCUT2D eigenvalue weighted by atomic mass is 16.5. The molecule has 6 nitrogen and oxygen atoms in total. The minimum Gasteiger partial charge on any atom is -0.490 e. The molecule has 20 heavy (non-hydrogen) atoms. The Morgan fingerprint density at radius 1 is 1.50 bits per heavy atom. The number of fused-ring (bicyclic) bond motifs is 1. The maximum absolute atomic E-state index is 9.47. The van der Waals surface area contributed by atoms with Crippen LogP contribution in [0.15, 0.2) is 24.3 Å². The lowest BCUT2D eigenvalue weighted by Gasteiger charge is -2.31. The Labute approximate surface area is 119 Å². The number of nitrogens with zero attached hydrogens (tertiary/aromatic N) is 1.